The Morgan fingerprint density at radius 3 is 2.53 bits per heavy atom. The van der Waals surface area contributed by atoms with Crippen LogP contribution in [0.3, 0.4) is 0 Å². The van der Waals surface area contributed by atoms with Gasteiger partial charge in [0.15, 0.2) is 0 Å². The number of amides is 2. The first-order valence-electron chi connectivity index (χ1n) is 6.00. The number of carbonyl (C=O) groups excluding carboxylic acids is 2. The summed E-state index contributed by atoms with van der Waals surface area (Å²) in [6.07, 6.45) is 1.45. The number of alkyl halides is 1. The number of carbonyl (C=O) groups is 2. The zero-order valence-electron chi connectivity index (χ0n) is 10.2. The van der Waals surface area contributed by atoms with E-state index in [0.29, 0.717) is 18.5 Å². The molecule has 2 rings (SSSR count). The molecule has 0 aromatic heterocycles. The van der Waals surface area contributed by atoms with Gasteiger partial charge in [-0.2, -0.15) is 0 Å². The molecule has 1 aromatic carbocycles. The van der Waals surface area contributed by atoms with Crippen LogP contribution >= 0.6 is 22.6 Å². The van der Waals surface area contributed by atoms with E-state index in [9.17, 15) is 14.0 Å². The number of rotatable bonds is 2. The first-order chi connectivity index (χ1) is 9.00. The van der Waals surface area contributed by atoms with Crippen molar-refractivity contribution in [2.75, 3.05) is 6.54 Å². The van der Waals surface area contributed by atoms with Crippen LogP contribution in [-0.4, -0.2) is 27.3 Å². The van der Waals surface area contributed by atoms with Crippen LogP contribution in [0.2, 0.25) is 0 Å². The molecule has 1 aromatic rings. The standard InChI is InChI=1S/C13H14FIN2O2/c14-9-5-3-8(4-6-9)13(19)17-7-1-2-10(11(17)15)12(16)18/h3-6,10-11H,1-2,7H2,(H2,16,18). The normalized spacial score (nSPS) is 23.2. The summed E-state index contributed by atoms with van der Waals surface area (Å²) in [5.74, 6) is -1.27. The Morgan fingerprint density at radius 1 is 1.32 bits per heavy atom. The van der Waals surface area contributed by atoms with Crippen molar-refractivity contribution in [2.24, 2.45) is 11.7 Å². The van der Waals surface area contributed by atoms with Crippen LogP contribution in [0.25, 0.3) is 0 Å². The number of benzene rings is 1. The van der Waals surface area contributed by atoms with Gasteiger partial charge in [0.05, 0.1) is 9.97 Å². The Hall–Kier alpha value is -1.18. The van der Waals surface area contributed by atoms with Gasteiger partial charge in [-0.3, -0.25) is 9.59 Å². The Labute approximate surface area is 124 Å². The molecule has 1 aliphatic heterocycles. The van der Waals surface area contributed by atoms with Crippen LogP contribution < -0.4 is 5.73 Å². The maximum absolute atomic E-state index is 12.8. The molecule has 2 unspecified atom stereocenters. The van der Waals surface area contributed by atoms with Crippen LogP contribution in [0.4, 0.5) is 4.39 Å². The summed E-state index contributed by atoms with van der Waals surface area (Å²) in [6, 6.07) is 5.42. The van der Waals surface area contributed by atoms with Crippen LogP contribution in [0.5, 0.6) is 0 Å². The molecular weight excluding hydrogens is 362 g/mol. The molecule has 0 radical (unpaired) electrons. The second kappa shape index (κ2) is 5.85. The summed E-state index contributed by atoms with van der Waals surface area (Å²) in [5, 5.41) is 0. The molecule has 2 N–H and O–H groups in total. The van der Waals surface area contributed by atoms with E-state index in [-0.39, 0.29) is 27.6 Å². The van der Waals surface area contributed by atoms with Gasteiger partial charge in [0.1, 0.15) is 5.82 Å². The minimum absolute atomic E-state index is 0.189. The number of halogens is 2. The molecule has 6 heteroatoms. The Morgan fingerprint density at radius 2 is 1.95 bits per heavy atom. The Kier molecular flexibility index (Phi) is 4.38. The highest BCUT2D eigenvalue weighted by molar-refractivity contribution is 14.1. The lowest BCUT2D eigenvalue weighted by Crippen LogP contribution is -2.49. The van der Waals surface area contributed by atoms with Gasteiger partial charge in [-0.25, -0.2) is 4.39 Å². The molecular formula is C13H14FIN2O2. The van der Waals surface area contributed by atoms with Gasteiger partial charge in [-0.05, 0) is 37.1 Å². The molecule has 4 nitrogen and oxygen atoms in total. The van der Waals surface area contributed by atoms with Gasteiger partial charge < -0.3 is 10.6 Å². The first-order valence-corrected chi connectivity index (χ1v) is 7.25. The number of likely N-dealkylation sites (tertiary alicyclic amines) is 1. The molecule has 102 valence electrons. The monoisotopic (exact) mass is 376 g/mol. The van der Waals surface area contributed by atoms with Crippen molar-refractivity contribution < 1.29 is 14.0 Å². The molecule has 0 bridgehead atoms. The second-order valence-electron chi connectivity index (χ2n) is 4.53. The molecule has 19 heavy (non-hydrogen) atoms. The van der Waals surface area contributed by atoms with E-state index >= 15 is 0 Å². The Bertz CT molecular complexity index is 492. The van der Waals surface area contributed by atoms with Crippen molar-refractivity contribution in [3.05, 3.63) is 35.6 Å². The van der Waals surface area contributed by atoms with Gasteiger partial charge in [0.2, 0.25) is 5.91 Å². The highest BCUT2D eigenvalue weighted by atomic mass is 127. The number of piperidine rings is 1. The SMILES string of the molecule is NC(=O)C1CCCN(C(=O)c2ccc(F)cc2)C1I. The average Bonchev–Trinajstić information content (AvgIpc) is 2.38. The average molecular weight is 376 g/mol. The van der Waals surface area contributed by atoms with Crippen molar-refractivity contribution >= 4 is 34.4 Å². The third kappa shape index (κ3) is 3.05. The maximum Gasteiger partial charge on any atom is 0.254 e. The minimum Gasteiger partial charge on any atom is -0.369 e. The number of hydrogen-bond donors (Lipinski definition) is 1. The van der Waals surface area contributed by atoms with Crippen molar-refractivity contribution in [1.82, 2.24) is 4.90 Å². The van der Waals surface area contributed by atoms with E-state index in [1.54, 1.807) is 4.90 Å². The zero-order valence-corrected chi connectivity index (χ0v) is 12.3. The summed E-state index contributed by atoms with van der Waals surface area (Å²) in [4.78, 5) is 25.3. The predicted octanol–water partition coefficient (Wildman–Crippen LogP) is 1.92. The summed E-state index contributed by atoms with van der Waals surface area (Å²) >= 11 is 2.07. The van der Waals surface area contributed by atoms with E-state index in [0.717, 1.165) is 6.42 Å². The third-order valence-electron chi connectivity index (χ3n) is 3.26. The summed E-state index contributed by atoms with van der Waals surface area (Å²) < 4.78 is 12.6. The smallest absolute Gasteiger partial charge is 0.254 e. The van der Waals surface area contributed by atoms with E-state index in [1.807, 2.05) is 0 Å². The maximum atomic E-state index is 12.8. The van der Waals surface area contributed by atoms with Crippen molar-refractivity contribution in [1.29, 1.82) is 0 Å². The molecule has 0 spiro atoms. The molecule has 1 fully saturated rings. The number of nitrogens with zero attached hydrogens (tertiary/aromatic N) is 1. The Balaban J connectivity index is 2.18. The van der Waals surface area contributed by atoms with Crippen molar-refractivity contribution in [3.8, 4) is 0 Å². The van der Waals surface area contributed by atoms with Gasteiger partial charge in [0.25, 0.3) is 5.91 Å². The highest BCUT2D eigenvalue weighted by Gasteiger charge is 2.35. The fourth-order valence-corrected chi connectivity index (χ4v) is 3.45. The summed E-state index contributed by atoms with van der Waals surface area (Å²) in [6.45, 7) is 0.591. The fourth-order valence-electron chi connectivity index (χ4n) is 2.21. The van der Waals surface area contributed by atoms with Gasteiger partial charge in [-0.15, -0.1) is 0 Å². The minimum atomic E-state index is -0.379. The molecule has 2 amide bonds. The summed E-state index contributed by atoms with van der Waals surface area (Å²) in [5.41, 5.74) is 5.77. The predicted molar refractivity (Wildman–Crippen MR) is 77.2 cm³/mol. The summed E-state index contributed by atoms with van der Waals surface area (Å²) in [7, 11) is 0. The number of hydrogen-bond acceptors (Lipinski definition) is 2. The molecule has 0 aliphatic carbocycles. The van der Waals surface area contributed by atoms with E-state index in [1.165, 1.54) is 24.3 Å². The van der Waals surface area contributed by atoms with E-state index < -0.39 is 0 Å². The highest BCUT2D eigenvalue weighted by Crippen LogP contribution is 2.29. The van der Waals surface area contributed by atoms with Crippen LogP contribution in [0, 0.1) is 11.7 Å². The topological polar surface area (TPSA) is 63.4 Å². The quantitative estimate of drug-likeness (QED) is 0.487. The number of primary amides is 1. The third-order valence-corrected chi connectivity index (χ3v) is 4.80. The molecule has 1 aliphatic rings. The van der Waals surface area contributed by atoms with Crippen molar-refractivity contribution in [2.45, 2.75) is 16.9 Å². The lowest BCUT2D eigenvalue weighted by Gasteiger charge is -2.36. The largest absolute Gasteiger partial charge is 0.369 e. The van der Waals surface area contributed by atoms with Gasteiger partial charge in [-0.1, -0.05) is 22.6 Å². The van der Waals surface area contributed by atoms with Crippen molar-refractivity contribution in [3.63, 3.8) is 0 Å². The van der Waals surface area contributed by atoms with E-state index in [4.69, 9.17) is 5.73 Å². The molecule has 0 saturated carbocycles. The lowest BCUT2D eigenvalue weighted by molar-refractivity contribution is -0.123. The molecule has 1 heterocycles. The zero-order chi connectivity index (χ0) is 14.0. The molecule has 2 atom stereocenters. The molecule has 1 saturated heterocycles. The van der Waals surface area contributed by atoms with E-state index in [2.05, 4.69) is 22.6 Å². The van der Waals surface area contributed by atoms with Gasteiger partial charge >= 0.3 is 0 Å². The second-order valence-corrected chi connectivity index (χ2v) is 5.81. The van der Waals surface area contributed by atoms with Crippen LogP contribution in [0.15, 0.2) is 24.3 Å². The number of nitrogens with two attached hydrogens (primary N) is 1. The van der Waals surface area contributed by atoms with Crippen LogP contribution in [-0.2, 0) is 4.79 Å². The lowest BCUT2D eigenvalue weighted by atomic mass is 9.97. The van der Waals surface area contributed by atoms with Gasteiger partial charge in [0, 0.05) is 12.1 Å². The first kappa shape index (κ1) is 14.2. The van der Waals surface area contributed by atoms with Crippen LogP contribution in [0.1, 0.15) is 23.2 Å². The fraction of sp³-hybridized carbons (Fsp3) is 0.385.